The van der Waals surface area contributed by atoms with Gasteiger partial charge in [-0.05, 0) is 28.1 Å². The molecule has 0 radical (unpaired) electrons. The van der Waals surface area contributed by atoms with Crippen LogP contribution in [0.2, 0.25) is 5.15 Å². The molecule has 1 aromatic heterocycles. The summed E-state index contributed by atoms with van der Waals surface area (Å²) in [6.45, 7) is 0. The van der Waals surface area contributed by atoms with E-state index in [1.807, 2.05) is 18.2 Å². The molecule has 0 aliphatic rings. The molecule has 2 aromatic rings. The van der Waals surface area contributed by atoms with Crippen molar-refractivity contribution in [2.75, 3.05) is 0 Å². The van der Waals surface area contributed by atoms with Crippen molar-refractivity contribution in [2.24, 2.45) is 0 Å². The molecule has 1 heterocycles. The van der Waals surface area contributed by atoms with Crippen molar-refractivity contribution in [3.63, 3.8) is 0 Å². The quantitative estimate of drug-likeness (QED) is 0.655. The van der Waals surface area contributed by atoms with Crippen molar-refractivity contribution < 1.29 is 0 Å². The average molecular weight is 321 g/mol. The minimum absolute atomic E-state index is 0.533. The Morgan fingerprint density at radius 2 is 1.92 bits per heavy atom. The summed E-state index contributed by atoms with van der Waals surface area (Å²) < 4.78 is 1.98. The van der Waals surface area contributed by atoms with Crippen LogP contribution < -0.4 is 0 Å². The average Bonchev–Trinajstić information content (AvgIpc) is 2.12. The SMILES string of the molecule is Clc1ncc(Br)c2cc(Br)ccc12. The van der Waals surface area contributed by atoms with E-state index in [9.17, 15) is 0 Å². The zero-order valence-corrected chi connectivity index (χ0v) is 10.3. The Hall–Kier alpha value is -0.120. The summed E-state index contributed by atoms with van der Waals surface area (Å²) in [6.07, 6.45) is 1.71. The highest BCUT2D eigenvalue weighted by Crippen LogP contribution is 2.29. The molecule has 0 spiro atoms. The van der Waals surface area contributed by atoms with Crippen LogP contribution in [-0.2, 0) is 0 Å². The molecule has 1 aromatic carbocycles. The number of benzene rings is 1. The van der Waals surface area contributed by atoms with Gasteiger partial charge in [0.15, 0.2) is 0 Å². The smallest absolute Gasteiger partial charge is 0.136 e. The Kier molecular flexibility index (Phi) is 2.58. The van der Waals surface area contributed by atoms with Crippen LogP contribution >= 0.6 is 43.5 Å². The van der Waals surface area contributed by atoms with Gasteiger partial charge < -0.3 is 0 Å². The van der Waals surface area contributed by atoms with E-state index in [0.29, 0.717) is 5.15 Å². The van der Waals surface area contributed by atoms with Gasteiger partial charge in [0.2, 0.25) is 0 Å². The summed E-state index contributed by atoms with van der Waals surface area (Å²) in [5.74, 6) is 0. The second kappa shape index (κ2) is 3.56. The lowest BCUT2D eigenvalue weighted by Crippen LogP contribution is -1.80. The van der Waals surface area contributed by atoms with Gasteiger partial charge in [0, 0.05) is 25.9 Å². The number of nitrogens with zero attached hydrogens (tertiary/aromatic N) is 1. The first-order chi connectivity index (χ1) is 6.18. The fourth-order valence-electron chi connectivity index (χ4n) is 1.15. The van der Waals surface area contributed by atoms with E-state index in [0.717, 1.165) is 19.7 Å². The van der Waals surface area contributed by atoms with Gasteiger partial charge in [0.05, 0.1) is 0 Å². The Morgan fingerprint density at radius 3 is 2.69 bits per heavy atom. The van der Waals surface area contributed by atoms with Crippen molar-refractivity contribution >= 4 is 54.2 Å². The largest absolute Gasteiger partial charge is 0.243 e. The van der Waals surface area contributed by atoms with Crippen molar-refractivity contribution in [2.45, 2.75) is 0 Å². The number of hydrogen-bond donors (Lipinski definition) is 0. The maximum Gasteiger partial charge on any atom is 0.136 e. The molecule has 0 saturated heterocycles. The fourth-order valence-corrected chi connectivity index (χ4v) is 2.15. The zero-order valence-electron chi connectivity index (χ0n) is 6.39. The van der Waals surface area contributed by atoms with Crippen molar-refractivity contribution in [3.8, 4) is 0 Å². The molecule has 0 atom stereocenters. The van der Waals surface area contributed by atoms with Crippen LogP contribution in [0.4, 0.5) is 0 Å². The molecule has 0 amide bonds. The summed E-state index contributed by atoms with van der Waals surface area (Å²) in [5, 5.41) is 2.55. The molecule has 1 nitrogen and oxygen atoms in total. The summed E-state index contributed by atoms with van der Waals surface area (Å²) in [6, 6.07) is 5.90. The molecule has 0 fully saturated rings. The molecule has 0 bridgehead atoms. The first-order valence-corrected chi connectivity index (χ1v) is 5.54. The van der Waals surface area contributed by atoms with Gasteiger partial charge in [-0.25, -0.2) is 4.98 Å². The highest BCUT2D eigenvalue weighted by atomic mass is 79.9. The maximum absolute atomic E-state index is 5.93. The van der Waals surface area contributed by atoms with E-state index in [1.165, 1.54) is 0 Å². The molecule has 0 aliphatic heterocycles. The van der Waals surface area contributed by atoms with Crippen LogP contribution in [0.3, 0.4) is 0 Å². The summed E-state index contributed by atoms with van der Waals surface area (Å²) >= 11 is 12.8. The third-order valence-electron chi connectivity index (χ3n) is 1.75. The van der Waals surface area contributed by atoms with E-state index in [4.69, 9.17) is 11.6 Å². The first-order valence-electron chi connectivity index (χ1n) is 3.58. The van der Waals surface area contributed by atoms with Crippen LogP contribution in [0.1, 0.15) is 0 Å². The Bertz CT molecular complexity index is 470. The Morgan fingerprint density at radius 1 is 1.15 bits per heavy atom. The number of aromatic nitrogens is 1. The van der Waals surface area contributed by atoms with Crippen LogP contribution in [0.25, 0.3) is 10.8 Å². The van der Waals surface area contributed by atoms with Gasteiger partial charge in [0.25, 0.3) is 0 Å². The van der Waals surface area contributed by atoms with Crippen LogP contribution in [0.15, 0.2) is 33.3 Å². The lowest BCUT2D eigenvalue weighted by molar-refractivity contribution is 1.34. The summed E-state index contributed by atoms with van der Waals surface area (Å²) in [5.41, 5.74) is 0. The van der Waals surface area contributed by atoms with Crippen LogP contribution in [0, 0.1) is 0 Å². The molecule has 0 saturated carbocycles. The third kappa shape index (κ3) is 1.73. The van der Waals surface area contributed by atoms with Crippen LogP contribution in [-0.4, -0.2) is 4.98 Å². The zero-order chi connectivity index (χ0) is 9.42. The first kappa shape index (κ1) is 9.44. The van der Waals surface area contributed by atoms with Gasteiger partial charge in [-0.15, -0.1) is 0 Å². The Balaban J connectivity index is 2.92. The molecule has 2 rings (SSSR count). The van der Waals surface area contributed by atoms with Gasteiger partial charge in [0.1, 0.15) is 5.15 Å². The monoisotopic (exact) mass is 319 g/mol. The van der Waals surface area contributed by atoms with E-state index in [2.05, 4.69) is 36.8 Å². The predicted octanol–water partition coefficient (Wildman–Crippen LogP) is 4.41. The second-order valence-corrected chi connectivity index (χ2v) is 4.71. The van der Waals surface area contributed by atoms with Crippen molar-refractivity contribution in [3.05, 3.63) is 38.5 Å². The minimum Gasteiger partial charge on any atom is -0.243 e. The van der Waals surface area contributed by atoms with Crippen LogP contribution in [0.5, 0.6) is 0 Å². The van der Waals surface area contributed by atoms with Crippen molar-refractivity contribution in [1.29, 1.82) is 0 Å². The van der Waals surface area contributed by atoms with E-state index in [-0.39, 0.29) is 0 Å². The molecule has 0 unspecified atom stereocenters. The van der Waals surface area contributed by atoms with Gasteiger partial charge in [-0.2, -0.15) is 0 Å². The van der Waals surface area contributed by atoms with Gasteiger partial charge >= 0.3 is 0 Å². The van der Waals surface area contributed by atoms with Gasteiger partial charge in [-0.3, -0.25) is 0 Å². The minimum atomic E-state index is 0.533. The standard InChI is InChI=1S/C9H4Br2ClN/c10-5-1-2-6-7(3-5)8(11)4-13-9(6)12/h1-4H. The van der Waals surface area contributed by atoms with Crippen molar-refractivity contribution in [1.82, 2.24) is 4.98 Å². The summed E-state index contributed by atoms with van der Waals surface area (Å²) in [4.78, 5) is 4.04. The second-order valence-electron chi connectivity index (χ2n) is 2.59. The van der Waals surface area contributed by atoms with E-state index in [1.54, 1.807) is 6.20 Å². The lowest BCUT2D eigenvalue weighted by atomic mass is 10.2. The molecular formula is C9H4Br2ClN. The number of hydrogen-bond acceptors (Lipinski definition) is 1. The van der Waals surface area contributed by atoms with E-state index >= 15 is 0 Å². The lowest BCUT2D eigenvalue weighted by Gasteiger charge is -2.02. The highest BCUT2D eigenvalue weighted by molar-refractivity contribution is 9.11. The molecule has 66 valence electrons. The third-order valence-corrected chi connectivity index (χ3v) is 3.18. The number of pyridine rings is 1. The van der Waals surface area contributed by atoms with Gasteiger partial charge in [-0.1, -0.05) is 33.6 Å². The summed E-state index contributed by atoms with van der Waals surface area (Å²) in [7, 11) is 0. The fraction of sp³-hybridized carbons (Fsp3) is 0. The molecule has 0 aliphatic carbocycles. The molecule has 0 N–H and O–H groups in total. The van der Waals surface area contributed by atoms with E-state index < -0.39 is 0 Å². The maximum atomic E-state index is 5.93. The predicted molar refractivity (Wildman–Crippen MR) is 62.2 cm³/mol. The number of rotatable bonds is 0. The Labute approximate surface area is 97.4 Å². The normalized spacial score (nSPS) is 10.7. The number of halogens is 3. The number of fused-ring (bicyclic) bond motifs is 1. The topological polar surface area (TPSA) is 12.9 Å². The molecule has 4 heteroatoms. The molecule has 13 heavy (non-hydrogen) atoms. The highest BCUT2D eigenvalue weighted by Gasteiger charge is 2.03. The molecular weight excluding hydrogens is 317 g/mol.